The van der Waals surface area contributed by atoms with Gasteiger partial charge in [-0.3, -0.25) is 9.59 Å². The fourth-order valence-corrected chi connectivity index (χ4v) is 2.59. The van der Waals surface area contributed by atoms with E-state index < -0.39 is 0 Å². The van der Waals surface area contributed by atoms with Crippen LogP contribution in [0.1, 0.15) is 40.6 Å². The summed E-state index contributed by atoms with van der Waals surface area (Å²) in [6, 6.07) is 8.33. The van der Waals surface area contributed by atoms with Gasteiger partial charge in [0, 0.05) is 30.5 Å². The Hall–Kier alpha value is -2.80. The van der Waals surface area contributed by atoms with Crippen molar-refractivity contribution in [2.24, 2.45) is 0 Å². The summed E-state index contributed by atoms with van der Waals surface area (Å²) in [4.78, 5) is 31.7. The number of rotatable bonds is 6. The Balaban J connectivity index is 1.61. The molecular formula is C18H20N4O3. The van der Waals surface area contributed by atoms with Crippen LogP contribution < -0.4 is 10.6 Å². The molecule has 2 N–H and O–H groups in total. The standard InChI is InChI=1S/C18H20N4O3/c1-12(23)13-4-6-14(7-5-13)22-18(24)16-9-17(21-11-20-16)19-10-15-3-2-8-25-15/h4-7,9,11,15H,2-3,8,10H2,1H3,(H,22,24)(H,19,20,21). The van der Waals surface area contributed by atoms with Gasteiger partial charge >= 0.3 is 0 Å². The zero-order valence-corrected chi connectivity index (χ0v) is 14.0. The van der Waals surface area contributed by atoms with Crippen molar-refractivity contribution in [1.29, 1.82) is 0 Å². The van der Waals surface area contributed by atoms with E-state index in [-0.39, 0.29) is 23.5 Å². The lowest BCUT2D eigenvalue weighted by atomic mass is 10.1. The van der Waals surface area contributed by atoms with Crippen molar-refractivity contribution in [3.8, 4) is 0 Å². The summed E-state index contributed by atoms with van der Waals surface area (Å²) >= 11 is 0. The second-order valence-corrected chi connectivity index (χ2v) is 5.89. The van der Waals surface area contributed by atoms with Crippen LogP contribution in [0.25, 0.3) is 0 Å². The molecule has 1 aromatic heterocycles. The summed E-state index contributed by atoms with van der Waals surface area (Å²) in [5.41, 5.74) is 1.46. The van der Waals surface area contributed by atoms with E-state index in [1.807, 2.05) is 0 Å². The highest BCUT2D eigenvalue weighted by Crippen LogP contribution is 2.14. The fourth-order valence-electron chi connectivity index (χ4n) is 2.59. The topological polar surface area (TPSA) is 93.2 Å². The molecule has 1 unspecified atom stereocenters. The van der Waals surface area contributed by atoms with Crippen molar-refractivity contribution in [2.75, 3.05) is 23.8 Å². The number of carbonyl (C=O) groups is 2. The molecule has 1 amide bonds. The molecule has 0 spiro atoms. The van der Waals surface area contributed by atoms with Gasteiger partial charge in [-0.1, -0.05) is 0 Å². The molecular weight excluding hydrogens is 320 g/mol. The largest absolute Gasteiger partial charge is 0.376 e. The average molecular weight is 340 g/mol. The van der Waals surface area contributed by atoms with Crippen LogP contribution >= 0.6 is 0 Å². The molecule has 0 bridgehead atoms. The summed E-state index contributed by atoms with van der Waals surface area (Å²) < 4.78 is 5.55. The number of hydrogen-bond acceptors (Lipinski definition) is 6. The summed E-state index contributed by atoms with van der Waals surface area (Å²) in [5, 5.41) is 5.93. The number of ether oxygens (including phenoxy) is 1. The second-order valence-electron chi connectivity index (χ2n) is 5.89. The number of carbonyl (C=O) groups excluding carboxylic acids is 2. The van der Waals surface area contributed by atoms with E-state index in [1.165, 1.54) is 13.3 Å². The third-order valence-corrected chi connectivity index (χ3v) is 3.98. The predicted octanol–water partition coefficient (Wildman–Crippen LogP) is 2.52. The van der Waals surface area contributed by atoms with Crippen molar-refractivity contribution < 1.29 is 14.3 Å². The van der Waals surface area contributed by atoms with Gasteiger partial charge < -0.3 is 15.4 Å². The zero-order chi connectivity index (χ0) is 17.6. The molecule has 3 rings (SSSR count). The highest BCUT2D eigenvalue weighted by molar-refractivity contribution is 6.03. The maximum Gasteiger partial charge on any atom is 0.274 e. The molecule has 0 aliphatic carbocycles. The molecule has 0 saturated carbocycles. The molecule has 1 fully saturated rings. The Morgan fingerprint density at radius 3 is 2.72 bits per heavy atom. The first-order valence-corrected chi connectivity index (χ1v) is 8.22. The third-order valence-electron chi connectivity index (χ3n) is 3.98. The molecule has 1 aliphatic rings. The number of anilines is 2. The first-order chi connectivity index (χ1) is 12.1. The summed E-state index contributed by atoms with van der Waals surface area (Å²) in [7, 11) is 0. The minimum Gasteiger partial charge on any atom is -0.376 e. The predicted molar refractivity (Wildman–Crippen MR) is 93.9 cm³/mol. The first-order valence-electron chi connectivity index (χ1n) is 8.22. The molecule has 130 valence electrons. The van der Waals surface area contributed by atoms with Gasteiger partial charge in [-0.15, -0.1) is 0 Å². The molecule has 1 aliphatic heterocycles. The van der Waals surface area contributed by atoms with Crippen molar-refractivity contribution in [3.63, 3.8) is 0 Å². The number of nitrogens with one attached hydrogen (secondary N) is 2. The molecule has 0 radical (unpaired) electrons. The first kappa shape index (κ1) is 17.0. The number of benzene rings is 1. The highest BCUT2D eigenvalue weighted by Gasteiger charge is 2.16. The third kappa shape index (κ3) is 4.60. The lowest BCUT2D eigenvalue weighted by Crippen LogP contribution is -2.20. The summed E-state index contributed by atoms with van der Waals surface area (Å²) in [5.74, 6) is 0.233. The summed E-state index contributed by atoms with van der Waals surface area (Å²) in [6.45, 7) is 2.95. The average Bonchev–Trinajstić information content (AvgIpc) is 3.14. The smallest absolute Gasteiger partial charge is 0.274 e. The van der Waals surface area contributed by atoms with Gasteiger partial charge in [0.05, 0.1) is 6.10 Å². The van der Waals surface area contributed by atoms with Crippen LogP contribution in [0.2, 0.25) is 0 Å². The van der Waals surface area contributed by atoms with E-state index in [1.54, 1.807) is 30.3 Å². The monoisotopic (exact) mass is 340 g/mol. The van der Waals surface area contributed by atoms with Gasteiger partial charge in [-0.25, -0.2) is 9.97 Å². The Bertz CT molecular complexity index is 755. The van der Waals surface area contributed by atoms with E-state index in [0.29, 0.717) is 23.6 Å². The number of nitrogens with zero attached hydrogens (tertiary/aromatic N) is 2. The quantitative estimate of drug-likeness (QED) is 0.785. The van der Waals surface area contributed by atoms with Gasteiger partial charge in [0.2, 0.25) is 0 Å². The summed E-state index contributed by atoms with van der Waals surface area (Å²) in [6.07, 6.45) is 3.64. The normalized spacial score (nSPS) is 16.4. The van der Waals surface area contributed by atoms with Crippen molar-refractivity contribution in [3.05, 3.63) is 47.9 Å². The van der Waals surface area contributed by atoms with E-state index in [2.05, 4.69) is 20.6 Å². The molecule has 2 heterocycles. The van der Waals surface area contributed by atoms with Crippen LogP contribution in [-0.2, 0) is 4.74 Å². The van der Waals surface area contributed by atoms with E-state index in [0.717, 1.165) is 19.4 Å². The van der Waals surface area contributed by atoms with Crippen molar-refractivity contribution in [1.82, 2.24) is 9.97 Å². The number of Topliss-reactive ketones (excluding diaryl/α,β-unsaturated/α-hetero) is 1. The molecule has 7 heteroatoms. The second kappa shape index (κ2) is 7.85. The van der Waals surface area contributed by atoms with Crippen LogP contribution in [0.15, 0.2) is 36.7 Å². The molecule has 2 aromatic rings. The molecule has 25 heavy (non-hydrogen) atoms. The zero-order valence-electron chi connectivity index (χ0n) is 14.0. The van der Waals surface area contributed by atoms with Crippen LogP contribution in [0.5, 0.6) is 0 Å². The van der Waals surface area contributed by atoms with Crippen LogP contribution in [0.4, 0.5) is 11.5 Å². The minimum absolute atomic E-state index is 0.0179. The van der Waals surface area contributed by atoms with Gasteiger partial charge in [0.15, 0.2) is 5.78 Å². The van der Waals surface area contributed by atoms with Gasteiger partial charge in [-0.2, -0.15) is 0 Å². The van der Waals surface area contributed by atoms with E-state index >= 15 is 0 Å². The highest BCUT2D eigenvalue weighted by atomic mass is 16.5. The Kier molecular flexibility index (Phi) is 5.35. The maximum atomic E-state index is 12.3. The van der Waals surface area contributed by atoms with Crippen LogP contribution in [0, 0.1) is 0 Å². The van der Waals surface area contributed by atoms with E-state index in [9.17, 15) is 9.59 Å². The van der Waals surface area contributed by atoms with E-state index in [4.69, 9.17) is 4.74 Å². The Morgan fingerprint density at radius 2 is 2.04 bits per heavy atom. The van der Waals surface area contributed by atoms with Gasteiger partial charge in [0.1, 0.15) is 17.8 Å². The number of aromatic nitrogens is 2. The minimum atomic E-state index is -0.335. The lowest BCUT2D eigenvalue weighted by Gasteiger charge is -2.11. The van der Waals surface area contributed by atoms with Crippen molar-refractivity contribution >= 4 is 23.2 Å². The Morgan fingerprint density at radius 1 is 1.24 bits per heavy atom. The van der Waals surface area contributed by atoms with Crippen molar-refractivity contribution in [2.45, 2.75) is 25.9 Å². The van der Waals surface area contributed by atoms with Gasteiger partial charge in [-0.05, 0) is 44.0 Å². The van der Waals surface area contributed by atoms with Gasteiger partial charge in [0.25, 0.3) is 5.91 Å². The number of hydrogen-bond donors (Lipinski definition) is 2. The molecule has 7 nitrogen and oxygen atoms in total. The Labute approximate surface area is 145 Å². The molecule has 1 saturated heterocycles. The maximum absolute atomic E-state index is 12.3. The van der Waals surface area contributed by atoms with Crippen LogP contribution in [0.3, 0.4) is 0 Å². The fraction of sp³-hybridized carbons (Fsp3) is 0.333. The SMILES string of the molecule is CC(=O)c1ccc(NC(=O)c2cc(NCC3CCCO3)ncn2)cc1. The number of amides is 1. The molecule has 1 atom stereocenters. The molecule has 1 aromatic carbocycles. The number of ketones is 1. The van der Waals surface area contributed by atoms with Crippen LogP contribution in [-0.4, -0.2) is 40.9 Å². The lowest BCUT2D eigenvalue weighted by molar-refractivity contribution is 0.101.